The summed E-state index contributed by atoms with van der Waals surface area (Å²) in [5.41, 5.74) is 3.77. The highest BCUT2D eigenvalue weighted by Crippen LogP contribution is 2.26. The van der Waals surface area contributed by atoms with Gasteiger partial charge in [0.1, 0.15) is 0 Å². The Morgan fingerprint density at radius 3 is 2.92 bits per heavy atom. The fraction of sp³-hybridized carbons (Fsp3) is 0.400. The van der Waals surface area contributed by atoms with Crippen LogP contribution in [0.3, 0.4) is 0 Å². The molecule has 1 aliphatic rings. The predicted molar refractivity (Wildman–Crippen MR) is 100 cm³/mol. The first kappa shape index (κ1) is 18.0. The summed E-state index contributed by atoms with van der Waals surface area (Å²) in [5, 5.41) is 5.68. The Bertz CT molecular complexity index is 756. The molecule has 26 heavy (non-hydrogen) atoms. The Morgan fingerprint density at radius 2 is 2.12 bits per heavy atom. The van der Waals surface area contributed by atoms with Gasteiger partial charge in [0.25, 0.3) is 5.91 Å². The quantitative estimate of drug-likeness (QED) is 0.749. The second kappa shape index (κ2) is 8.56. The van der Waals surface area contributed by atoms with Crippen LogP contribution in [0.4, 0.5) is 5.69 Å². The van der Waals surface area contributed by atoms with Gasteiger partial charge in [-0.15, -0.1) is 0 Å². The molecule has 6 heteroatoms. The molecule has 0 saturated heterocycles. The third-order valence-corrected chi connectivity index (χ3v) is 4.60. The lowest BCUT2D eigenvalue weighted by Crippen LogP contribution is -2.27. The molecule has 0 bridgehead atoms. The maximum Gasteiger partial charge on any atom is 0.286 e. The number of nitrogens with zero attached hydrogens (tertiary/aromatic N) is 1. The normalized spacial score (nSPS) is 13.2. The molecule has 0 saturated carbocycles. The molecule has 3 rings (SSSR count). The van der Waals surface area contributed by atoms with E-state index in [0.717, 1.165) is 18.5 Å². The van der Waals surface area contributed by atoms with Crippen molar-refractivity contribution >= 4 is 17.5 Å². The van der Waals surface area contributed by atoms with Crippen molar-refractivity contribution in [3.8, 4) is 0 Å². The second-order valence-corrected chi connectivity index (χ2v) is 6.60. The van der Waals surface area contributed by atoms with Gasteiger partial charge in [0.05, 0.1) is 6.26 Å². The van der Waals surface area contributed by atoms with Crippen molar-refractivity contribution in [1.82, 2.24) is 10.6 Å². The van der Waals surface area contributed by atoms with E-state index in [-0.39, 0.29) is 17.6 Å². The minimum Gasteiger partial charge on any atom is -0.459 e. The average molecular weight is 355 g/mol. The van der Waals surface area contributed by atoms with E-state index in [1.807, 2.05) is 0 Å². The molecule has 0 spiro atoms. The second-order valence-electron chi connectivity index (χ2n) is 6.60. The molecule has 0 aliphatic carbocycles. The monoisotopic (exact) mass is 355 g/mol. The van der Waals surface area contributed by atoms with E-state index in [2.05, 4.69) is 40.8 Å². The molecule has 2 amide bonds. The van der Waals surface area contributed by atoms with Crippen molar-refractivity contribution in [1.29, 1.82) is 0 Å². The number of carbonyl (C=O) groups excluding carboxylic acids is 2. The summed E-state index contributed by atoms with van der Waals surface area (Å²) in [6.07, 6.45) is 4.69. The van der Waals surface area contributed by atoms with Crippen molar-refractivity contribution in [2.45, 2.75) is 32.2 Å². The highest BCUT2D eigenvalue weighted by Gasteiger charge is 2.14. The van der Waals surface area contributed by atoms with Crippen LogP contribution >= 0.6 is 0 Å². The fourth-order valence-electron chi connectivity index (χ4n) is 3.18. The van der Waals surface area contributed by atoms with Crippen LogP contribution in [0.25, 0.3) is 0 Å². The first-order chi connectivity index (χ1) is 12.6. The highest BCUT2D eigenvalue weighted by atomic mass is 16.3. The van der Waals surface area contributed by atoms with Gasteiger partial charge in [-0.1, -0.05) is 12.1 Å². The van der Waals surface area contributed by atoms with Gasteiger partial charge in [-0.05, 0) is 48.6 Å². The number of aryl methyl sites for hydroxylation is 1. The third kappa shape index (κ3) is 4.65. The van der Waals surface area contributed by atoms with Crippen molar-refractivity contribution in [3.63, 3.8) is 0 Å². The number of furan rings is 1. The molecule has 138 valence electrons. The Labute approximate surface area is 153 Å². The van der Waals surface area contributed by atoms with Crippen LogP contribution < -0.4 is 15.5 Å². The average Bonchev–Trinajstić information content (AvgIpc) is 3.18. The van der Waals surface area contributed by atoms with E-state index in [9.17, 15) is 9.59 Å². The molecule has 1 aromatic heterocycles. The van der Waals surface area contributed by atoms with Gasteiger partial charge in [0.15, 0.2) is 5.76 Å². The highest BCUT2D eigenvalue weighted by molar-refractivity contribution is 5.91. The summed E-state index contributed by atoms with van der Waals surface area (Å²) in [4.78, 5) is 25.9. The van der Waals surface area contributed by atoms with Crippen LogP contribution in [0.2, 0.25) is 0 Å². The lowest BCUT2D eigenvalue weighted by molar-refractivity contribution is -0.121. The van der Waals surface area contributed by atoms with E-state index >= 15 is 0 Å². The predicted octanol–water partition coefficient (Wildman–Crippen LogP) is 2.49. The topological polar surface area (TPSA) is 74.6 Å². The minimum absolute atomic E-state index is 0.00733. The molecule has 2 heterocycles. The van der Waals surface area contributed by atoms with Crippen molar-refractivity contribution in [2.24, 2.45) is 0 Å². The van der Waals surface area contributed by atoms with Gasteiger partial charge in [0.2, 0.25) is 5.91 Å². The molecule has 0 fully saturated rings. The first-order valence-electron chi connectivity index (χ1n) is 9.05. The van der Waals surface area contributed by atoms with E-state index in [4.69, 9.17) is 4.42 Å². The van der Waals surface area contributed by atoms with E-state index in [0.29, 0.717) is 25.9 Å². The Kier molecular flexibility index (Phi) is 5.94. The van der Waals surface area contributed by atoms with Gasteiger partial charge in [-0.2, -0.15) is 0 Å². The fourth-order valence-corrected chi connectivity index (χ4v) is 3.18. The zero-order chi connectivity index (χ0) is 18.4. The number of nitrogens with one attached hydrogen (secondary N) is 2. The zero-order valence-electron chi connectivity index (χ0n) is 15.1. The maximum atomic E-state index is 12.0. The molecular weight excluding hydrogens is 330 g/mol. The zero-order valence-corrected chi connectivity index (χ0v) is 15.1. The van der Waals surface area contributed by atoms with Gasteiger partial charge in [-0.3, -0.25) is 9.59 Å². The Hall–Kier alpha value is -2.76. The smallest absolute Gasteiger partial charge is 0.286 e. The number of carbonyl (C=O) groups is 2. The van der Waals surface area contributed by atoms with Gasteiger partial charge in [-0.25, -0.2) is 0 Å². The summed E-state index contributed by atoms with van der Waals surface area (Å²) in [5.74, 6) is 0.0222. The number of hydrogen-bond donors (Lipinski definition) is 2. The summed E-state index contributed by atoms with van der Waals surface area (Å²) in [6, 6.07) is 9.68. The van der Waals surface area contributed by atoms with Crippen LogP contribution in [0.1, 0.15) is 40.9 Å². The Morgan fingerprint density at radius 1 is 1.23 bits per heavy atom. The molecule has 0 unspecified atom stereocenters. The van der Waals surface area contributed by atoms with E-state index < -0.39 is 0 Å². The van der Waals surface area contributed by atoms with Gasteiger partial charge < -0.3 is 20.0 Å². The molecule has 1 aliphatic heterocycles. The summed E-state index contributed by atoms with van der Waals surface area (Å²) in [6.45, 7) is 2.08. The number of benzene rings is 1. The first-order valence-corrected chi connectivity index (χ1v) is 9.05. The van der Waals surface area contributed by atoms with Crippen molar-refractivity contribution in [2.75, 3.05) is 25.0 Å². The largest absolute Gasteiger partial charge is 0.459 e. The molecule has 1 aromatic carbocycles. The SMILES string of the molecule is CN1CCCc2cc(CNC(=O)CCCNC(=O)c3ccco3)ccc21. The van der Waals surface area contributed by atoms with Crippen molar-refractivity contribution < 1.29 is 14.0 Å². The van der Waals surface area contributed by atoms with E-state index in [1.165, 1.54) is 23.9 Å². The number of rotatable bonds is 7. The molecule has 2 aromatic rings. The van der Waals surface area contributed by atoms with Crippen molar-refractivity contribution in [3.05, 3.63) is 53.5 Å². The lowest BCUT2D eigenvalue weighted by atomic mass is 9.99. The number of amides is 2. The van der Waals surface area contributed by atoms with Gasteiger partial charge in [0, 0.05) is 38.8 Å². The van der Waals surface area contributed by atoms with Crippen LogP contribution in [0.5, 0.6) is 0 Å². The summed E-state index contributed by atoms with van der Waals surface area (Å²) < 4.78 is 5.01. The number of hydrogen-bond acceptors (Lipinski definition) is 4. The number of anilines is 1. The van der Waals surface area contributed by atoms with Gasteiger partial charge >= 0.3 is 0 Å². The maximum absolute atomic E-state index is 12.0. The summed E-state index contributed by atoms with van der Waals surface area (Å²) >= 11 is 0. The third-order valence-electron chi connectivity index (χ3n) is 4.60. The van der Waals surface area contributed by atoms with Crippen LogP contribution in [-0.4, -0.2) is 32.0 Å². The molecular formula is C20H25N3O3. The van der Waals surface area contributed by atoms with Crippen LogP contribution in [-0.2, 0) is 17.8 Å². The van der Waals surface area contributed by atoms with Crippen LogP contribution in [0, 0.1) is 0 Å². The minimum atomic E-state index is -0.255. The molecule has 0 atom stereocenters. The Balaban J connectivity index is 1.37. The molecule has 6 nitrogen and oxygen atoms in total. The summed E-state index contributed by atoms with van der Waals surface area (Å²) in [7, 11) is 2.12. The molecule has 0 radical (unpaired) electrons. The number of fused-ring (bicyclic) bond motifs is 1. The standard InChI is InChI=1S/C20H25N3O3/c1-23-11-3-5-16-13-15(8-9-17(16)23)14-22-19(24)7-2-10-21-20(25)18-6-4-12-26-18/h4,6,8-9,12-13H,2-3,5,7,10-11,14H2,1H3,(H,21,25)(H,22,24). The lowest BCUT2D eigenvalue weighted by Gasteiger charge is -2.27. The molecule has 2 N–H and O–H groups in total. The van der Waals surface area contributed by atoms with Crippen LogP contribution in [0.15, 0.2) is 41.0 Å². The van der Waals surface area contributed by atoms with E-state index in [1.54, 1.807) is 12.1 Å².